The minimum atomic E-state index is -0.501. The SMILES string of the molecule is Fc1ccc(Br)c(F)c1CI. The average molecular weight is 333 g/mol. The number of benzene rings is 1. The third kappa shape index (κ3) is 1.90. The molecule has 0 amide bonds. The van der Waals surface area contributed by atoms with E-state index in [1.165, 1.54) is 12.1 Å². The second-order valence-corrected chi connectivity index (χ2v) is 3.57. The first-order chi connectivity index (χ1) is 5.16. The third-order valence-electron chi connectivity index (χ3n) is 1.27. The number of alkyl halides is 1. The standard InChI is InChI=1S/C7H4BrF2I/c8-5-1-2-6(9)4(3-11)7(5)10/h1-2H,3H2. The Bertz CT molecular complexity index is 275. The van der Waals surface area contributed by atoms with E-state index in [4.69, 9.17) is 0 Å². The summed E-state index contributed by atoms with van der Waals surface area (Å²) in [5.41, 5.74) is 0.125. The highest BCUT2D eigenvalue weighted by Gasteiger charge is 2.09. The van der Waals surface area contributed by atoms with Crippen molar-refractivity contribution in [2.45, 2.75) is 4.43 Å². The van der Waals surface area contributed by atoms with Gasteiger partial charge in [0.15, 0.2) is 0 Å². The molecule has 0 bridgehead atoms. The quantitative estimate of drug-likeness (QED) is 0.418. The Morgan fingerprint density at radius 1 is 1.36 bits per heavy atom. The molecule has 0 aliphatic heterocycles. The van der Waals surface area contributed by atoms with Crippen molar-refractivity contribution in [1.29, 1.82) is 0 Å². The van der Waals surface area contributed by atoms with Crippen LogP contribution in [0.1, 0.15) is 5.56 Å². The molecule has 60 valence electrons. The predicted molar refractivity (Wildman–Crippen MR) is 51.8 cm³/mol. The number of rotatable bonds is 1. The maximum absolute atomic E-state index is 13.0. The van der Waals surface area contributed by atoms with Crippen molar-refractivity contribution in [3.8, 4) is 0 Å². The summed E-state index contributed by atoms with van der Waals surface area (Å²) in [5.74, 6) is -0.987. The Morgan fingerprint density at radius 2 is 2.00 bits per heavy atom. The normalized spacial score (nSPS) is 10.2. The zero-order valence-electron chi connectivity index (χ0n) is 5.37. The van der Waals surface area contributed by atoms with E-state index in [0.29, 0.717) is 8.90 Å². The van der Waals surface area contributed by atoms with Gasteiger partial charge in [0, 0.05) is 9.99 Å². The molecule has 0 aliphatic carbocycles. The van der Waals surface area contributed by atoms with Crippen LogP contribution < -0.4 is 0 Å². The van der Waals surface area contributed by atoms with Crippen LogP contribution in [0.3, 0.4) is 0 Å². The summed E-state index contributed by atoms with van der Waals surface area (Å²) < 4.78 is 26.4. The summed E-state index contributed by atoms with van der Waals surface area (Å²) in [7, 11) is 0. The second-order valence-electron chi connectivity index (χ2n) is 1.96. The fraction of sp³-hybridized carbons (Fsp3) is 0.143. The van der Waals surface area contributed by atoms with E-state index >= 15 is 0 Å². The summed E-state index contributed by atoms with van der Waals surface area (Å²) in [6.07, 6.45) is 0. The van der Waals surface area contributed by atoms with E-state index in [2.05, 4.69) is 15.9 Å². The van der Waals surface area contributed by atoms with Gasteiger partial charge >= 0.3 is 0 Å². The van der Waals surface area contributed by atoms with Crippen molar-refractivity contribution in [1.82, 2.24) is 0 Å². The molecule has 0 saturated carbocycles. The van der Waals surface area contributed by atoms with Crippen molar-refractivity contribution in [2.24, 2.45) is 0 Å². The molecule has 0 spiro atoms. The van der Waals surface area contributed by atoms with Crippen molar-refractivity contribution in [3.63, 3.8) is 0 Å². The maximum atomic E-state index is 13.0. The smallest absolute Gasteiger partial charge is 0.144 e. The first kappa shape index (κ1) is 9.38. The highest BCUT2D eigenvalue weighted by atomic mass is 127. The van der Waals surface area contributed by atoms with Gasteiger partial charge in [0.2, 0.25) is 0 Å². The van der Waals surface area contributed by atoms with Crippen LogP contribution in [0.2, 0.25) is 0 Å². The third-order valence-corrected chi connectivity index (χ3v) is 2.65. The van der Waals surface area contributed by atoms with Gasteiger partial charge < -0.3 is 0 Å². The molecule has 1 rings (SSSR count). The van der Waals surface area contributed by atoms with E-state index in [-0.39, 0.29) is 5.56 Å². The Morgan fingerprint density at radius 3 is 2.45 bits per heavy atom. The van der Waals surface area contributed by atoms with Crippen LogP contribution in [-0.2, 0) is 4.43 Å². The van der Waals surface area contributed by atoms with Gasteiger partial charge in [0.25, 0.3) is 0 Å². The largest absolute Gasteiger partial charge is 0.207 e. The minimum Gasteiger partial charge on any atom is -0.207 e. The van der Waals surface area contributed by atoms with Crippen LogP contribution in [0.5, 0.6) is 0 Å². The maximum Gasteiger partial charge on any atom is 0.144 e. The summed E-state index contributed by atoms with van der Waals surface area (Å²) in [4.78, 5) is 0. The second kappa shape index (κ2) is 3.80. The average Bonchev–Trinajstić information content (AvgIpc) is 1.99. The van der Waals surface area contributed by atoms with Crippen LogP contribution in [0.4, 0.5) is 8.78 Å². The van der Waals surface area contributed by atoms with Gasteiger partial charge in [-0.3, -0.25) is 0 Å². The van der Waals surface area contributed by atoms with Gasteiger partial charge in [-0.05, 0) is 28.1 Å². The Kier molecular flexibility index (Phi) is 3.24. The van der Waals surface area contributed by atoms with Crippen LogP contribution >= 0.6 is 38.5 Å². The monoisotopic (exact) mass is 332 g/mol. The molecule has 0 unspecified atom stereocenters. The molecule has 0 nitrogen and oxygen atoms in total. The van der Waals surface area contributed by atoms with Gasteiger partial charge in [0.05, 0.1) is 4.47 Å². The fourth-order valence-corrected chi connectivity index (χ4v) is 1.76. The topological polar surface area (TPSA) is 0 Å². The number of hydrogen-bond acceptors (Lipinski definition) is 0. The molecule has 0 radical (unpaired) electrons. The molecular formula is C7H4BrF2I. The van der Waals surface area contributed by atoms with Gasteiger partial charge in [-0.1, -0.05) is 22.6 Å². The van der Waals surface area contributed by atoms with Crippen LogP contribution in [-0.4, -0.2) is 0 Å². The Balaban J connectivity index is 3.29. The number of halogens is 4. The number of hydrogen-bond donors (Lipinski definition) is 0. The van der Waals surface area contributed by atoms with Crippen LogP contribution in [0, 0.1) is 11.6 Å². The van der Waals surface area contributed by atoms with Gasteiger partial charge in [-0.15, -0.1) is 0 Å². The van der Waals surface area contributed by atoms with Gasteiger partial charge in [-0.2, -0.15) is 0 Å². The minimum absolute atomic E-state index is 0.125. The fourth-order valence-electron chi connectivity index (χ4n) is 0.692. The van der Waals surface area contributed by atoms with Gasteiger partial charge in [0.1, 0.15) is 11.6 Å². The Labute approximate surface area is 85.3 Å². The molecule has 0 aromatic heterocycles. The van der Waals surface area contributed by atoms with Crippen molar-refractivity contribution in [3.05, 3.63) is 33.8 Å². The molecule has 0 saturated heterocycles. The van der Waals surface area contributed by atoms with E-state index in [1.54, 1.807) is 0 Å². The van der Waals surface area contributed by atoms with Crippen LogP contribution in [0.25, 0.3) is 0 Å². The molecule has 4 heteroatoms. The van der Waals surface area contributed by atoms with E-state index in [9.17, 15) is 8.78 Å². The highest BCUT2D eigenvalue weighted by molar-refractivity contribution is 14.1. The molecular weight excluding hydrogens is 329 g/mol. The first-order valence-electron chi connectivity index (χ1n) is 2.85. The molecule has 0 N–H and O–H groups in total. The zero-order chi connectivity index (χ0) is 8.43. The lowest BCUT2D eigenvalue weighted by Gasteiger charge is -2.01. The predicted octanol–water partition coefficient (Wildman–Crippen LogP) is 3.66. The van der Waals surface area contributed by atoms with E-state index in [0.717, 1.165) is 0 Å². The summed E-state index contributed by atoms with van der Waals surface area (Å²) in [5, 5.41) is 0. The summed E-state index contributed by atoms with van der Waals surface area (Å²) in [6, 6.07) is 2.61. The van der Waals surface area contributed by atoms with Gasteiger partial charge in [-0.25, -0.2) is 8.78 Å². The lowest BCUT2D eigenvalue weighted by atomic mass is 10.2. The summed E-state index contributed by atoms with van der Waals surface area (Å²) in [6.45, 7) is 0. The molecule has 1 aromatic carbocycles. The molecule has 1 aromatic rings. The molecule has 0 heterocycles. The van der Waals surface area contributed by atoms with E-state index in [1.807, 2.05) is 22.6 Å². The summed E-state index contributed by atoms with van der Waals surface area (Å²) >= 11 is 4.90. The van der Waals surface area contributed by atoms with E-state index < -0.39 is 11.6 Å². The zero-order valence-corrected chi connectivity index (χ0v) is 9.12. The molecule has 0 fully saturated rings. The molecule has 0 aliphatic rings. The van der Waals surface area contributed by atoms with Crippen molar-refractivity contribution >= 4 is 38.5 Å². The van der Waals surface area contributed by atoms with Crippen LogP contribution in [0.15, 0.2) is 16.6 Å². The van der Waals surface area contributed by atoms with Crippen molar-refractivity contribution in [2.75, 3.05) is 0 Å². The van der Waals surface area contributed by atoms with Crippen molar-refractivity contribution < 1.29 is 8.78 Å². The first-order valence-corrected chi connectivity index (χ1v) is 5.17. The Hall–Kier alpha value is 0.290. The molecule has 0 atom stereocenters. The lowest BCUT2D eigenvalue weighted by Crippen LogP contribution is -1.92. The molecule has 11 heavy (non-hydrogen) atoms. The highest BCUT2D eigenvalue weighted by Crippen LogP contribution is 2.23. The lowest BCUT2D eigenvalue weighted by molar-refractivity contribution is 0.563.